The molecule has 4 heteroatoms. The van der Waals surface area contributed by atoms with Gasteiger partial charge in [-0.05, 0) is 24.6 Å². The van der Waals surface area contributed by atoms with Gasteiger partial charge >= 0.3 is 0 Å². The molecule has 0 aliphatic rings. The van der Waals surface area contributed by atoms with Crippen LogP contribution in [0.2, 0.25) is 0 Å². The molecule has 0 amide bonds. The normalized spacial score (nSPS) is 12.6. The highest BCUT2D eigenvalue weighted by Gasteiger charge is 2.05. The summed E-state index contributed by atoms with van der Waals surface area (Å²) in [5.41, 5.74) is 2.38. The number of aromatic nitrogens is 3. The van der Waals surface area contributed by atoms with E-state index in [0.717, 1.165) is 6.54 Å². The Kier molecular flexibility index (Phi) is 3.31. The zero-order valence-corrected chi connectivity index (χ0v) is 9.59. The van der Waals surface area contributed by atoms with E-state index in [0.29, 0.717) is 6.04 Å². The van der Waals surface area contributed by atoms with Crippen LogP contribution in [-0.4, -0.2) is 14.8 Å². The first-order chi connectivity index (χ1) is 7.77. The van der Waals surface area contributed by atoms with Crippen molar-refractivity contribution in [3.05, 3.63) is 48.0 Å². The van der Waals surface area contributed by atoms with Crippen molar-refractivity contribution in [1.29, 1.82) is 0 Å². The zero-order valence-electron chi connectivity index (χ0n) is 9.59. The molecule has 0 spiro atoms. The molecule has 0 saturated heterocycles. The van der Waals surface area contributed by atoms with Gasteiger partial charge < -0.3 is 5.32 Å². The van der Waals surface area contributed by atoms with Crippen LogP contribution in [0.3, 0.4) is 0 Å². The molecule has 84 valence electrons. The maximum Gasteiger partial charge on any atom is 0.0518 e. The Bertz CT molecular complexity index is 435. The summed E-state index contributed by atoms with van der Waals surface area (Å²) in [7, 11) is 1.95. The van der Waals surface area contributed by atoms with Crippen molar-refractivity contribution in [2.24, 2.45) is 7.05 Å². The molecule has 0 unspecified atom stereocenters. The van der Waals surface area contributed by atoms with Gasteiger partial charge in [0.2, 0.25) is 0 Å². The number of nitrogens with one attached hydrogen (secondary N) is 1. The standard InChI is InChI=1S/C12H16N4/c1-10(11-4-3-6-13-8-11)14-9-12-5-7-15-16(12)2/h3-8,10,14H,9H2,1-2H3/t10-/m1/s1. The SMILES string of the molecule is C[C@@H](NCc1ccnn1C)c1cccnc1. The lowest BCUT2D eigenvalue weighted by molar-refractivity contribution is 0.547. The Balaban J connectivity index is 1.94. The number of pyridine rings is 1. The van der Waals surface area contributed by atoms with Crippen LogP contribution in [0.1, 0.15) is 24.2 Å². The minimum absolute atomic E-state index is 0.295. The van der Waals surface area contributed by atoms with Crippen molar-refractivity contribution in [1.82, 2.24) is 20.1 Å². The van der Waals surface area contributed by atoms with Gasteiger partial charge in [0.25, 0.3) is 0 Å². The summed E-state index contributed by atoms with van der Waals surface area (Å²) in [4.78, 5) is 4.11. The van der Waals surface area contributed by atoms with Crippen molar-refractivity contribution < 1.29 is 0 Å². The van der Waals surface area contributed by atoms with Crippen molar-refractivity contribution in [2.45, 2.75) is 19.5 Å². The van der Waals surface area contributed by atoms with E-state index >= 15 is 0 Å². The van der Waals surface area contributed by atoms with E-state index in [-0.39, 0.29) is 0 Å². The van der Waals surface area contributed by atoms with Crippen molar-refractivity contribution in [2.75, 3.05) is 0 Å². The van der Waals surface area contributed by atoms with Crippen LogP contribution in [0.5, 0.6) is 0 Å². The summed E-state index contributed by atoms with van der Waals surface area (Å²) < 4.78 is 1.88. The van der Waals surface area contributed by atoms with Crippen LogP contribution in [-0.2, 0) is 13.6 Å². The van der Waals surface area contributed by atoms with E-state index in [1.807, 2.05) is 36.3 Å². The fourth-order valence-corrected chi connectivity index (χ4v) is 1.58. The Morgan fingerprint density at radius 2 is 2.25 bits per heavy atom. The molecule has 2 heterocycles. The minimum atomic E-state index is 0.295. The van der Waals surface area contributed by atoms with Gasteiger partial charge in [-0.3, -0.25) is 9.67 Å². The third kappa shape index (κ3) is 2.46. The molecule has 1 atom stereocenters. The second-order valence-electron chi connectivity index (χ2n) is 3.84. The number of aryl methyl sites for hydroxylation is 1. The minimum Gasteiger partial charge on any atom is -0.305 e. The van der Waals surface area contributed by atoms with Crippen molar-refractivity contribution in [3.8, 4) is 0 Å². The molecule has 1 N–H and O–H groups in total. The van der Waals surface area contributed by atoms with Crippen molar-refractivity contribution >= 4 is 0 Å². The summed E-state index contributed by atoms with van der Waals surface area (Å²) in [5, 5.41) is 7.57. The van der Waals surface area contributed by atoms with Gasteiger partial charge in [-0.25, -0.2) is 0 Å². The lowest BCUT2D eigenvalue weighted by Crippen LogP contribution is -2.19. The van der Waals surface area contributed by atoms with Gasteiger partial charge in [0.05, 0.1) is 5.69 Å². The van der Waals surface area contributed by atoms with Crippen molar-refractivity contribution in [3.63, 3.8) is 0 Å². The van der Waals surface area contributed by atoms with Crippen LogP contribution >= 0.6 is 0 Å². The fourth-order valence-electron chi connectivity index (χ4n) is 1.58. The smallest absolute Gasteiger partial charge is 0.0518 e. The largest absolute Gasteiger partial charge is 0.305 e. The molecule has 0 aliphatic carbocycles. The lowest BCUT2D eigenvalue weighted by Gasteiger charge is -2.13. The van der Waals surface area contributed by atoms with Gasteiger partial charge in [-0.1, -0.05) is 6.07 Å². The van der Waals surface area contributed by atoms with Gasteiger partial charge in [-0.2, -0.15) is 5.10 Å². The number of hydrogen-bond acceptors (Lipinski definition) is 3. The lowest BCUT2D eigenvalue weighted by atomic mass is 10.1. The summed E-state index contributed by atoms with van der Waals surface area (Å²) in [6.45, 7) is 2.94. The molecular weight excluding hydrogens is 200 g/mol. The van der Waals surface area contributed by atoms with E-state index in [9.17, 15) is 0 Å². The molecule has 0 aromatic carbocycles. The third-order valence-corrected chi connectivity index (χ3v) is 2.70. The van der Waals surface area contributed by atoms with Crippen LogP contribution in [0.25, 0.3) is 0 Å². The molecule has 16 heavy (non-hydrogen) atoms. The molecule has 0 saturated carbocycles. The fraction of sp³-hybridized carbons (Fsp3) is 0.333. The van der Waals surface area contributed by atoms with E-state index in [4.69, 9.17) is 0 Å². The van der Waals surface area contributed by atoms with Gasteiger partial charge in [0, 0.05) is 38.2 Å². The second-order valence-corrected chi connectivity index (χ2v) is 3.84. The Morgan fingerprint density at radius 1 is 1.38 bits per heavy atom. The average molecular weight is 216 g/mol. The molecule has 2 aromatic rings. The molecular formula is C12H16N4. The Labute approximate surface area is 95.3 Å². The predicted octanol–water partition coefficient (Wildman–Crippen LogP) is 1.67. The van der Waals surface area contributed by atoms with E-state index in [2.05, 4.69) is 28.4 Å². The highest BCUT2D eigenvalue weighted by atomic mass is 15.3. The third-order valence-electron chi connectivity index (χ3n) is 2.70. The van der Waals surface area contributed by atoms with Crippen LogP contribution in [0.15, 0.2) is 36.8 Å². The molecule has 0 bridgehead atoms. The first-order valence-corrected chi connectivity index (χ1v) is 5.37. The maximum atomic E-state index is 4.13. The summed E-state index contributed by atoms with van der Waals surface area (Å²) in [6, 6.07) is 6.35. The summed E-state index contributed by atoms with van der Waals surface area (Å²) >= 11 is 0. The van der Waals surface area contributed by atoms with Crippen LogP contribution in [0.4, 0.5) is 0 Å². The second kappa shape index (κ2) is 4.90. The van der Waals surface area contributed by atoms with E-state index in [1.165, 1.54) is 11.3 Å². The Hall–Kier alpha value is -1.68. The number of nitrogens with zero attached hydrogens (tertiary/aromatic N) is 3. The Morgan fingerprint density at radius 3 is 2.88 bits per heavy atom. The molecule has 4 nitrogen and oxygen atoms in total. The van der Waals surface area contributed by atoms with Gasteiger partial charge in [0.15, 0.2) is 0 Å². The number of hydrogen-bond donors (Lipinski definition) is 1. The predicted molar refractivity (Wildman–Crippen MR) is 62.7 cm³/mol. The molecule has 0 aliphatic heterocycles. The summed E-state index contributed by atoms with van der Waals surface area (Å²) in [5.74, 6) is 0. The monoisotopic (exact) mass is 216 g/mol. The topological polar surface area (TPSA) is 42.7 Å². The molecule has 2 rings (SSSR count). The van der Waals surface area contributed by atoms with Crippen LogP contribution in [0, 0.1) is 0 Å². The first-order valence-electron chi connectivity index (χ1n) is 5.37. The molecule has 2 aromatic heterocycles. The molecule has 0 fully saturated rings. The highest BCUT2D eigenvalue weighted by Crippen LogP contribution is 2.10. The maximum absolute atomic E-state index is 4.13. The van der Waals surface area contributed by atoms with E-state index in [1.54, 1.807) is 6.20 Å². The van der Waals surface area contributed by atoms with Crippen LogP contribution < -0.4 is 5.32 Å². The zero-order chi connectivity index (χ0) is 11.4. The average Bonchev–Trinajstić information content (AvgIpc) is 2.73. The number of rotatable bonds is 4. The summed E-state index contributed by atoms with van der Waals surface area (Å²) in [6.07, 6.45) is 5.49. The van der Waals surface area contributed by atoms with E-state index < -0.39 is 0 Å². The quantitative estimate of drug-likeness (QED) is 0.845. The highest BCUT2D eigenvalue weighted by molar-refractivity contribution is 5.13. The first kappa shape index (κ1) is 10.8. The van der Waals surface area contributed by atoms with Gasteiger partial charge in [-0.15, -0.1) is 0 Å². The van der Waals surface area contributed by atoms with Gasteiger partial charge in [0.1, 0.15) is 0 Å². The molecule has 0 radical (unpaired) electrons.